The van der Waals surface area contributed by atoms with Crippen molar-refractivity contribution >= 4 is 23.0 Å². The summed E-state index contributed by atoms with van der Waals surface area (Å²) in [6.07, 6.45) is 0.718. The van der Waals surface area contributed by atoms with Crippen molar-refractivity contribution in [1.82, 2.24) is 9.78 Å². The van der Waals surface area contributed by atoms with Crippen LogP contribution in [0.25, 0.3) is 16.9 Å². The lowest BCUT2D eigenvalue weighted by Gasteiger charge is -2.04. The molecule has 1 aromatic heterocycles. The van der Waals surface area contributed by atoms with Gasteiger partial charge < -0.3 is 0 Å². The number of halogens is 1. The molecule has 0 saturated heterocycles. The Bertz CT molecular complexity index is 1360. The van der Waals surface area contributed by atoms with Crippen molar-refractivity contribution < 1.29 is 4.92 Å². The first-order chi connectivity index (χ1) is 15.9. The van der Waals surface area contributed by atoms with Crippen LogP contribution in [0.1, 0.15) is 18.1 Å². The molecule has 0 amide bonds. The molecule has 166 valence electrons. The Labute approximate surface area is 195 Å². The average Bonchev–Trinajstić information content (AvgIpc) is 3.18. The number of nitrogens with zero attached hydrogens (tertiary/aromatic N) is 3. The molecule has 33 heavy (non-hydrogen) atoms. The predicted molar refractivity (Wildman–Crippen MR) is 131 cm³/mol. The SMILES string of the molecule is CC(=NCCc1ccc(Cl)cc1)c1c(-c2ccccc2)[nH]n(-c2ccc([N+](=O)[O-])cc2)c1=O. The maximum atomic E-state index is 13.4. The zero-order valence-corrected chi connectivity index (χ0v) is 18.6. The summed E-state index contributed by atoms with van der Waals surface area (Å²) in [6, 6.07) is 23.0. The maximum absolute atomic E-state index is 13.4. The molecule has 3 aromatic carbocycles. The molecule has 0 spiro atoms. The molecule has 4 rings (SSSR count). The van der Waals surface area contributed by atoms with Gasteiger partial charge in [0.1, 0.15) is 0 Å². The molecule has 8 heteroatoms. The first kappa shape index (κ1) is 22.2. The number of H-pyrrole nitrogens is 1. The van der Waals surface area contributed by atoms with Crippen LogP contribution in [0.2, 0.25) is 5.02 Å². The topological polar surface area (TPSA) is 93.3 Å². The van der Waals surface area contributed by atoms with Crippen molar-refractivity contribution in [2.45, 2.75) is 13.3 Å². The summed E-state index contributed by atoms with van der Waals surface area (Å²) in [5.74, 6) is 0. The van der Waals surface area contributed by atoms with Crippen molar-refractivity contribution in [3.8, 4) is 16.9 Å². The standard InChI is InChI=1S/C25H21ClN4O3/c1-17(27-16-15-18-7-9-20(26)10-8-18)23-24(19-5-3-2-4-6-19)28-29(25(23)31)21-11-13-22(14-12-21)30(32)33/h2-14,28H,15-16H2,1H3. The second kappa shape index (κ2) is 9.67. The number of benzene rings is 3. The van der Waals surface area contributed by atoms with Gasteiger partial charge in [-0.15, -0.1) is 0 Å². The van der Waals surface area contributed by atoms with Gasteiger partial charge in [-0.1, -0.05) is 54.1 Å². The van der Waals surface area contributed by atoms with Gasteiger partial charge in [-0.3, -0.25) is 25.0 Å². The fourth-order valence-corrected chi connectivity index (χ4v) is 3.70. The summed E-state index contributed by atoms with van der Waals surface area (Å²) >= 11 is 5.94. The second-order valence-corrected chi connectivity index (χ2v) is 7.92. The first-order valence-electron chi connectivity index (χ1n) is 10.3. The number of aromatic nitrogens is 2. The summed E-state index contributed by atoms with van der Waals surface area (Å²) in [5, 5.41) is 14.8. The Kier molecular flexibility index (Phi) is 6.51. The van der Waals surface area contributed by atoms with Crippen molar-refractivity contribution in [2.75, 3.05) is 6.54 Å². The van der Waals surface area contributed by atoms with Gasteiger partial charge in [0.05, 0.1) is 21.9 Å². The number of hydrogen-bond acceptors (Lipinski definition) is 4. The molecule has 0 atom stereocenters. The van der Waals surface area contributed by atoms with E-state index in [9.17, 15) is 14.9 Å². The Morgan fingerprint density at radius 3 is 2.33 bits per heavy atom. The van der Waals surface area contributed by atoms with Gasteiger partial charge in [0, 0.05) is 35.0 Å². The summed E-state index contributed by atoms with van der Waals surface area (Å²) in [6.45, 7) is 2.34. The smallest absolute Gasteiger partial charge is 0.280 e. The molecule has 0 aliphatic heterocycles. The summed E-state index contributed by atoms with van der Waals surface area (Å²) in [5.41, 5.74) is 3.88. The molecule has 7 nitrogen and oxygen atoms in total. The highest BCUT2D eigenvalue weighted by molar-refractivity contribution is 6.30. The highest BCUT2D eigenvalue weighted by atomic mass is 35.5. The van der Waals surface area contributed by atoms with E-state index in [0.717, 1.165) is 17.5 Å². The zero-order valence-electron chi connectivity index (χ0n) is 17.9. The monoisotopic (exact) mass is 460 g/mol. The number of nitrogens with one attached hydrogen (secondary N) is 1. The number of rotatable bonds is 7. The van der Waals surface area contributed by atoms with Gasteiger partial charge in [-0.25, -0.2) is 4.68 Å². The third kappa shape index (κ3) is 4.94. The van der Waals surface area contributed by atoms with Crippen LogP contribution in [-0.2, 0) is 6.42 Å². The van der Waals surface area contributed by atoms with Crippen LogP contribution in [-0.4, -0.2) is 27.0 Å². The van der Waals surface area contributed by atoms with E-state index in [1.165, 1.54) is 16.8 Å². The van der Waals surface area contributed by atoms with E-state index < -0.39 is 4.92 Å². The Balaban J connectivity index is 1.71. The fourth-order valence-electron chi connectivity index (χ4n) is 3.57. The van der Waals surface area contributed by atoms with Crippen LogP contribution in [0, 0.1) is 10.1 Å². The van der Waals surface area contributed by atoms with E-state index in [-0.39, 0.29) is 11.2 Å². The van der Waals surface area contributed by atoms with E-state index >= 15 is 0 Å². The van der Waals surface area contributed by atoms with Crippen LogP contribution in [0.5, 0.6) is 0 Å². The van der Waals surface area contributed by atoms with E-state index in [4.69, 9.17) is 11.6 Å². The second-order valence-electron chi connectivity index (χ2n) is 7.49. The number of aromatic amines is 1. The number of aliphatic imine (C=N–C) groups is 1. The lowest BCUT2D eigenvalue weighted by Crippen LogP contribution is -2.20. The van der Waals surface area contributed by atoms with E-state index in [1.807, 2.05) is 61.5 Å². The van der Waals surface area contributed by atoms with Gasteiger partial charge in [0.25, 0.3) is 11.2 Å². The zero-order chi connectivity index (χ0) is 23.4. The summed E-state index contributed by atoms with van der Waals surface area (Å²) < 4.78 is 1.39. The number of nitro groups is 1. The Morgan fingerprint density at radius 2 is 1.70 bits per heavy atom. The Hall–Kier alpha value is -3.97. The molecular formula is C25H21ClN4O3. The van der Waals surface area contributed by atoms with Gasteiger partial charge in [0.2, 0.25) is 0 Å². The number of hydrogen-bond donors (Lipinski definition) is 1. The molecule has 1 N–H and O–H groups in total. The number of non-ortho nitro benzene ring substituents is 1. The van der Waals surface area contributed by atoms with Crippen LogP contribution in [0.3, 0.4) is 0 Å². The van der Waals surface area contributed by atoms with Gasteiger partial charge in [0.15, 0.2) is 0 Å². The Morgan fingerprint density at radius 1 is 1.03 bits per heavy atom. The molecule has 4 aromatic rings. The number of nitro benzene ring substituents is 1. The van der Waals surface area contributed by atoms with Crippen LogP contribution >= 0.6 is 11.6 Å². The highest BCUT2D eigenvalue weighted by Crippen LogP contribution is 2.22. The molecule has 1 heterocycles. The maximum Gasteiger partial charge on any atom is 0.280 e. The van der Waals surface area contributed by atoms with E-state index in [0.29, 0.717) is 34.2 Å². The lowest BCUT2D eigenvalue weighted by atomic mass is 10.1. The summed E-state index contributed by atoms with van der Waals surface area (Å²) in [7, 11) is 0. The van der Waals surface area contributed by atoms with Gasteiger partial charge in [-0.05, 0) is 43.2 Å². The average molecular weight is 461 g/mol. The molecular weight excluding hydrogens is 440 g/mol. The van der Waals surface area contributed by atoms with E-state index in [1.54, 1.807) is 12.1 Å². The molecule has 0 bridgehead atoms. The molecule has 0 aliphatic rings. The third-order valence-corrected chi connectivity index (χ3v) is 5.55. The third-order valence-electron chi connectivity index (χ3n) is 5.30. The molecule has 0 unspecified atom stereocenters. The minimum absolute atomic E-state index is 0.0400. The van der Waals surface area contributed by atoms with Crippen LogP contribution < -0.4 is 5.56 Å². The van der Waals surface area contributed by atoms with Crippen molar-refractivity contribution in [2.24, 2.45) is 4.99 Å². The lowest BCUT2D eigenvalue weighted by molar-refractivity contribution is -0.384. The molecule has 0 radical (unpaired) electrons. The predicted octanol–water partition coefficient (Wildman–Crippen LogP) is 5.45. The normalized spacial score (nSPS) is 11.5. The van der Waals surface area contributed by atoms with Crippen molar-refractivity contribution in [3.05, 3.63) is 115 Å². The molecule has 0 saturated carbocycles. The van der Waals surface area contributed by atoms with Crippen LogP contribution in [0.4, 0.5) is 5.69 Å². The van der Waals surface area contributed by atoms with Crippen molar-refractivity contribution in [1.29, 1.82) is 0 Å². The quantitative estimate of drug-likeness (QED) is 0.226. The molecule has 0 fully saturated rings. The fraction of sp³-hybridized carbons (Fsp3) is 0.120. The minimum atomic E-state index is -0.473. The minimum Gasteiger partial charge on any atom is -0.290 e. The van der Waals surface area contributed by atoms with Gasteiger partial charge in [-0.2, -0.15) is 0 Å². The highest BCUT2D eigenvalue weighted by Gasteiger charge is 2.19. The van der Waals surface area contributed by atoms with Crippen LogP contribution in [0.15, 0.2) is 88.6 Å². The van der Waals surface area contributed by atoms with E-state index in [2.05, 4.69) is 10.1 Å². The van der Waals surface area contributed by atoms with Crippen molar-refractivity contribution in [3.63, 3.8) is 0 Å². The first-order valence-corrected chi connectivity index (χ1v) is 10.7. The molecule has 0 aliphatic carbocycles. The summed E-state index contributed by atoms with van der Waals surface area (Å²) in [4.78, 5) is 28.6. The van der Waals surface area contributed by atoms with Gasteiger partial charge >= 0.3 is 0 Å². The largest absolute Gasteiger partial charge is 0.290 e.